The van der Waals surface area contributed by atoms with Crippen LogP contribution in [0.4, 0.5) is 9.93 Å². The van der Waals surface area contributed by atoms with Crippen LogP contribution in [0.2, 0.25) is 0 Å². The lowest BCUT2D eigenvalue weighted by molar-refractivity contribution is 0.254. The Morgan fingerprint density at radius 3 is 2.83 bits per heavy atom. The maximum atomic E-state index is 10.8. The normalized spacial score (nSPS) is 9.50. The largest absolute Gasteiger partial charge is 0.341 e. The monoisotopic (exact) mass is 186 g/mol. The van der Waals surface area contributed by atoms with E-state index in [9.17, 15) is 4.79 Å². The van der Waals surface area contributed by atoms with Crippen LogP contribution in [0.3, 0.4) is 0 Å². The molecule has 0 bridgehead atoms. The van der Waals surface area contributed by atoms with E-state index in [-0.39, 0.29) is 6.03 Å². The van der Waals surface area contributed by atoms with Crippen LogP contribution in [0.25, 0.3) is 0 Å². The Morgan fingerprint density at radius 1 is 1.58 bits per heavy atom. The summed E-state index contributed by atoms with van der Waals surface area (Å²) in [5, 5.41) is 14.0. The van der Waals surface area contributed by atoms with Gasteiger partial charge < -0.3 is 5.32 Å². The van der Waals surface area contributed by atoms with Crippen LogP contribution in [-0.2, 0) is 6.42 Å². The molecule has 1 aromatic rings. The van der Waals surface area contributed by atoms with Gasteiger partial charge in [0.2, 0.25) is 5.13 Å². The molecule has 0 saturated heterocycles. The molecule has 0 aliphatic carbocycles. The molecule has 0 fully saturated rings. The van der Waals surface area contributed by atoms with Crippen LogP contribution >= 0.6 is 11.3 Å². The third-order valence-corrected chi connectivity index (χ3v) is 2.20. The van der Waals surface area contributed by atoms with Crippen molar-refractivity contribution in [3.8, 4) is 0 Å². The molecule has 0 spiro atoms. The van der Waals surface area contributed by atoms with Gasteiger partial charge in [-0.1, -0.05) is 18.3 Å². The van der Waals surface area contributed by atoms with Gasteiger partial charge >= 0.3 is 6.03 Å². The minimum absolute atomic E-state index is 0.270. The number of anilines is 1. The van der Waals surface area contributed by atoms with E-state index in [1.54, 1.807) is 7.05 Å². The summed E-state index contributed by atoms with van der Waals surface area (Å²) in [5.41, 5.74) is 0. The summed E-state index contributed by atoms with van der Waals surface area (Å²) in [6.45, 7) is 1.99. The second-order valence-electron chi connectivity index (χ2n) is 2.06. The molecular formula is C6H10N4OS. The van der Waals surface area contributed by atoms with E-state index in [0.717, 1.165) is 11.4 Å². The molecule has 1 rings (SSSR count). The van der Waals surface area contributed by atoms with Gasteiger partial charge in [0, 0.05) is 7.05 Å². The zero-order valence-electron chi connectivity index (χ0n) is 6.92. The van der Waals surface area contributed by atoms with E-state index >= 15 is 0 Å². The van der Waals surface area contributed by atoms with Gasteiger partial charge in [-0.25, -0.2) is 4.79 Å². The first-order chi connectivity index (χ1) is 5.76. The Balaban J connectivity index is 2.58. The summed E-state index contributed by atoms with van der Waals surface area (Å²) in [6.07, 6.45) is 0.840. The smallest absolute Gasteiger partial charge is 0.320 e. The third-order valence-electron chi connectivity index (χ3n) is 1.22. The first-order valence-corrected chi connectivity index (χ1v) is 4.39. The average molecular weight is 186 g/mol. The molecule has 5 nitrogen and oxygen atoms in total. The quantitative estimate of drug-likeness (QED) is 0.719. The molecule has 1 heterocycles. The molecule has 2 N–H and O–H groups in total. The number of urea groups is 1. The van der Waals surface area contributed by atoms with Crippen molar-refractivity contribution < 1.29 is 4.79 Å². The molecule has 66 valence electrons. The summed E-state index contributed by atoms with van der Waals surface area (Å²) in [7, 11) is 1.55. The van der Waals surface area contributed by atoms with E-state index in [2.05, 4.69) is 20.8 Å². The van der Waals surface area contributed by atoms with Crippen LogP contribution < -0.4 is 10.6 Å². The van der Waals surface area contributed by atoms with Gasteiger partial charge in [0.1, 0.15) is 5.01 Å². The zero-order chi connectivity index (χ0) is 8.97. The van der Waals surface area contributed by atoms with Crippen molar-refractivity contribution in [3.05, 3.63) is 5.01 Å². The molecule has 0 aliphatic heterocycles. The van der Waals surface area contributed by atoms with E-state index in [1.165, 1.54) is 11.3 Å². The van der Waals surface area contributed by atoms with Crippen LogP contribution in [0.15, 0.2) is 0 Å². The number of amides is 2. The minimum Gasteiger partial charge on any atom is -0.341 e. The number of aromatic nitrogens is 2. The Labute approximate surface area is 74.2 Å². The Kier molecular flexibility index (Phi) is 2.98. The van der Waals surface area contributed by atoms with Crippen molar-refractivity contribution in [2.75, 3.05) is 12.4 Å². The summed E-state index contributed by atoms with van der Waals surface area (Å²) in [5.74, 6) is 0. The van der Waals surface area contributed by atoms with Crippen LogP contribution in [0.5, 0.6) is 0 Å². The summed E-state index contributed by atoms with van der Waals surface area (Å²) >= 11 is 1.38. The van der Waals surface area contributed by atoms with Crippen LogP contribution in [-0.4, -0.2) is 23.3 Å². The lowest BCUT2D eigenvalue weighted by Gasteiger charge is -1.96. The maximum absolute atomic E-state index is 10.8. The fourth-order valence-electron chi connectivity index (χ4n) is 0.607. The predicted octanol–water partition coefficient (Wildman–Crippen LogP) is 0.852. The Morgan fingerprint density at radius 2 is 2.33 bits per heavy atom. The number of hydrogen-bond donors (Lipinski definition) is 2. The molecular weight excluding hydrogens is 176 g/mol. The van der Waals surface area contributed by atoms with Gasteiger partial charge in [0.05, 0.1) is 0 Å². The van der Waals surface area contributed by atoms with E-state index in [4.69, 9.17) is 0 Å². The van der Waals surface area contributed by atoms with Crippen LogP contribution in [0.1, 0.15) is 11.9 Å². The first kappa shape index (κ1) is 8.92. The standard InChI is InChI=1S/C6H10N4OS/c1-3-4-9-10-6(12-4)8-5(11)7-2/h3H2,1-2H3,(H2,7,8,10,11). The topological polar surface area (TPSA) is 66.9 Å². The van der Waals surface area contributed by atoms with Gasteiger partial charge in [0.25, 0.3) is 0 Å². The van der Waals surface area contributed by atoms with Gasteiger partial charge in [0.15, 0.2) is 0 Å². The highest BCUT2D eigenvalue weighted by atomic mass is 32.1. The lowest BCUT2D eigenvalue weighted by atomic mass is 10.5. The summed E-state index contributed by atoms with van der Waals surface area (Å²) < 4.78 is 0. The molecule has 2 amide bonds. The van der Waals surface area contributed by atoms with Crippen LogP contribution in [0, 0.1) is 0 Å². The molecule has 12 heavy (non-hydrogen) atoms. The number of carbonyl (C=O) groups excluding carboxylic acids is 1. The second kappa shape index (κ2) is 4.01. The van der Waals surface area contributed by atoms with Gasteiger partial charge in [-0.05, 0) is 6.42 Å². The average Bonchev–Trinajstić information content (AvgIpc) is 2.52. The molecule has 6 heteroatoms. The number of rotatable bonds is 2. The molecule has 0 unspecified atom stereocenters. The fourth-order valence-corrected chi connectivity index (χ4v) is 1.28. The second-order valence-corrected chi connectivity index (χ2v) is 3.12. The van der Waals surface area contributed by atoms with Crippen molar-refractivity contribution in [2.45, 2.75) is 13.3 Å². The lowest BCUT2D eigenvalue weighted by Crippen LogP contribution is -2.24. The SMILES string of the molecule is CCc1nnc(NC(=O)NC)s1. The maximum Gasteiger partial charge on any atom is 0.320 e. The van der Waals surface area contributed by atoms with Crippen molar-refractivity contribution in [1.29, 1.82) is 0 Å². The summed E-state index contributed by atoms with van der Waals surface area (Å²) in [4.78, 5) is 10.8. The third kappa shape index (κ3) is 2.16. The Bertz CT molecular complexity index is 272. The van der Waals surface area contributed by atoms with Crippen molar-refractivity contribution in [2.24, 2.45) is 0 Å². The molecule has 0 radical (unpaired) electrons. The molecule has 0 aliphatic rings. The number of carbonyl (C=O) groups is 1. The highest BCUT2D eigenvalue weighted by Crippen LogP contribution is 2.14. The number of nitrogens with zero attached hydrogens (tertiary/aromatic N) is 2. The van der Waals surface area contributed by atoms with E-state index in [1.807, 2.05) is 6.92 Å². The number of aryl methyl sites for hydroxylation is 1. The molecule has 0 atom stereocenters. The van der Waals surface area contributed by atoms with E-state index < -0.39 is 0 Å². The van der Waals surface area contributed by atoms with Crippen molar-refractivity contribution in [1.82, 2.24) is 15.5 Å². The highest BCUT2D eigenvalue weighted by molar-refractivity contribution is 7.15. The van der Waals surface area contributed by atoms with Crippen molar-refractivity contribution in [3.63, 3.8) is 0 Å². The molecule has 1 aromatic heterocycles. The highest BCUT2D eigenvalue weighted by Gasteiger charge is 2.04. The number of hydrogen-bond acceptors (Lipinski definition) is 4. The number of nitrogens with one attached hydrogen (secondary N) is 2. The van der Waals surface area contributed by atoms with Gasteiger partial charge in [-0.15, -0.1) is 10.2 Å². The molecule has 0 aromatic carbocycles. The fraction of sp³-hybridized carbons (Fsp3) is 0.500. The predicted molar refractivity (Wildman–Crippen MR) is 47.4 cm³/mol. The van der Waals surface area contributed by atoms with Gasteiger partial charge in [-0.3, -0.25) is 5.32 Å². The Hall–Kier alpha value is -1.17. The summed E-state index contributed by atoms with van der Waals surface area (Å²) in [6, 6.07) is -0.270. The first-order valence-electron chi connectivity index (χ1n) is 3.57. The zero-order valence-corrected chi connectivity index (χ0v) is 7.73. The van der Waals surface area contributed by atoms with Gasteiger partial charge in [-0.2, -0.15) is 0 Å². The minimum atomic E-state index is -0.270. The molecule has 0 saturated carbocycles. The van der Waals surface area contributed by atoms with Crippen molar-refractivity contribution >= 4 is 22.5 Å². The van der Waals surface area contributed by atoms with E-state index in [0.29, 0.717) is 5.13 Å².